The van der Waals surface area contributed by atoms with Crippen LogP contribution in [0.5, 0.6) is 0 Å². The molecule has 1 saturated heterocycles. The Morgan fingerprint density at radius 1 is 1.06 bits per heavy atom. The average Bonchev–Trinajstić information content (AvgIpc) is 3.21. The number of nitriles is 1. The van der Waals surface area contributed by atoms with E-state index in [9.17, 15) is 10.4 Å². The van der Waals surface area contributed by atoms with Crippen LogP contribution >= 0.6 is 0 Å². The number of rotatable bonds is 7. The molecule has 2 aromatic heterocycles. The molecule has 3 N–H and O–H groups in total. The van der Waals surface area contributed by atoms with Crippen LogP contribution in [-0.4, -0.2) is 58.2 Å². The number of likely N-dealkylation sites (N-methyl/N-ethyl adjacent to an activating group) is 1. The minimum atomic E-state index is -0.894. The lowest BCUT2D eigenvalue weighted by Gasteiger charge is -2.34. The average molecular weight is 485 g/mol. The van der Waals surface area contributed by atoms with Gasteiger partial charge < -0.3 is 25.5 Å². The van der Waals surface area contributed by atoms with Crippen molar-refractivity contribution < 1.29 is 5.11 Å². The van der Waals surface area contributed by atoms with E-state index in [0.717, 1.165) is 56.0 Å². The predicted molar refractivity (Wildman–Crippen MR) is 141 cm³/mol. The molecule has 5 rings (SSSR count). The Balaban J connectivity index is 1.32. The molecule has 0 amide bonds. The third-order valence-electron chi connectivity index (χ3n) is 7.04. The zero-order chi connectivity index (χ0) is 25.1. The van der Waals surface area contributed by atoms with Gasteiger partial charge in [0.2, 0.25) is 5.95 Å². The van der Waals surface area contributed by atoms with E-state index in [1.165, 1.54) is 11.9 Å². The van der Waals surface area contributed by atoms with Gasteiger partial charge in [0.1, 0.15) is 23.1 Å². The Kier molecular flexibility index (Phi) is 6.72. The Labute approximate surface area is 211 Å². The number of benzene rings is 1. The van der Waals surface area contributed by atoms with E-state index in [-0.39, 0.29) is 0 Å². The molecule has 2 aliphatic rings. The van der Waals surface area contributed by atoms with Crippen LogP contribution in [-0.2, 0) is 12.0 Å². The van der Waals surface area contributed by atoms with E-state index < -0.39 is 5.60 Å². The van der Waals surface area contributed by atoms with Gasteiger partial charge in [0.15, 0.2) is 5.82 Å². The number of hydrogen-bond acceptors (Lipinski definition) is 9. The van der Waals surface area contributed by atoms with Crippen molar-refractivity contribution >= 4 is 29.0 Å². The van der Waals surface area contributed by atoms with Gasteiger partial charge in [-0.25, -0.2) is 9.97 Å². The Morgan fingerprint density at radius 3 is 2.56 bits per heavy atom. The fourth-order valence-corrected chi connectivity index (χ4v) is 4.97. The number of piperazine rings is 1. The number of pyridine rings is 1. The first kappa shape index (κ1) is 24.0. The highest BCUT2D eigenvalue weighted by atomic mass is 16.3. The largest absolute Gasteiger partial charge is 0.384 e. The van der Waals surface area contributed by atoms with E-state index in [0.29, 0.717) is 36.0 Å². The van der Waals surface area contributed by atoms with Crippen molar-refractivity contribution in [3.8, 4) is 6.07 Å². The van der Waals surface area contributed by atoms with Gasteiger partial charge in [-0.3, -0.25) is 0 Å². The highest BCUT2D eigenvalue weighted by molar-refractivity contribution is 5.64. The molecule has 9 heteroatoms. The van der Waals surface area contributed by atoms with Crippen LogP contribution in [0, 0.1) is 11.3 Å². The summed E-state index contributed by atoms with van der Waals surface area (Å²) in [5, 5.41) is 27.1. The van der Waals surface area contributed by atoms with E-state index in [1.807, 2.05) is 24.3 Å². The van der Waals surface area contributed by atoms with Gasteiger partial charge in [-0.1, -0.05) is 19.4 Å². The van der Waals surface area contributed by atoms with Crippen molar-refractivity contribution in [3.63, 3.8) is 0 Å². The molecular weight excluding hydrogens is 452 g/mol. The second-order valence-corrected chi connectivity index (χ2v) is 9.64. The maximum Gasteiger partial charge on any atom is 0.229 e. The molecular formula is C27H32N8O. The lowest BCUT2D eigenvalue weighted by Crippen LogP contribution is -2.44. The molecule has 1 unspecified atom stereocenters. The molecule has 1 aromatic carbocycles. The molecule has 9 nitrogen and oxygen atoms in total. The molecule has 186 valence electrons. The van der Waals surface area contributed by atoms with Crippen LogP contribution < -0.4 is 15.5 Å². The van der Waals surface area contributed by atoms with Crippen molar-refractivity contribution in [1.29, 1.82) is 5.26 Å². The summed E-state index contributed by atoms with van der Waals surface area (Å²) in [6.07, 6.45) is 4.56. The monoisotopic (exact) mass is 484 g/mol. The van der Waals surface area contributed by atoms with Crippen LogP contribution in [0.1, 0.15) is 43.0 Å². The third-order valence-corrected chi connectivity index (χ3v) is 7.04. The number of anilines is 5. The topological polar surface area (TPSA) is 113 Å². The summed E-state index contributed by atoms with van der Waals surface area (Å²) in [6.45, 7) is 6.22. The number of aliphatic hydroxyl groups is 1. The number of aromatic nitrogens is 3. The van der Waals surface area contributed by atoms with Gasteiger partial charge in [0.25, 0.3) is 0 Å². The van der Waals surface area contributed by atoms with Crippen LogP contribution in [0.4, 0.5) is 29.0 Å². The molecule has 0 saturated carbocycles. The first-order valence-corrected chi connectivity index (χ1v) is 12.5. The predicted octanol–water partition coefficient (Wildman–Crippen LogP) is 3.92. The minimum absolute atomic E-state index is 0.317. The van der Waals surface area contributed by atoms with Gasteiger partial charge in [-0.05, 0) is 62.2 Å². The molecule has 36 heavy (non-hydrogen) atoms. The molecule has 1 aliphatic carbocycles. The fraction of sp³-hybridized carbons (Fsp3) is 0.407. The third kappa shape index (κ3) is 4.96. The van der Waals surface area contributed by atoms with Crippen LogP contribution in [0.25, 0.3) is 0 Å². The van der Waals surface area contributed by atoms with Gasteiger partial charge in [0, 0.05) is 37.6 Å². The van der Waals surface area contributed by atoms with Crippen molar-refractivity contribution in [1.82, 2.24) is 19.9 Å². The summed E-state index contributed by atoms with van der Waals surface area (Å²) in [7, 11) is 2.15. The molecule has 0 bridgehead atoms. The summed E-state index contributed by atoms with van der Waals surface area (Å²) >= 11 is 0. The lowest BCUT2D eigenvalue weighted by atomic mass is 9.95. The van der Waals surface area contributed by atoms with Gasteiger partial charge in [0.05, 0.1) is 11.9 Å². The summed E-state index contributed by atoms with van der Waals surface area (Å²) in [5.74, 6) is 1.30. The molecule has 1 atom stereocenters. The van der Waals surface area contributed by atoms with E-state index in [1.54, 1.807) is 0 Å². The van der Waals surface area contributed by atoms with Gasteiger partial charge in [-0.2, -0.15) is 10.2 Å². The maximum absolute atomic E-state index is 11.1. The number of hydrogen-bond donors (Lipinski definition) is 3. The summed E-state index contributed by atoms with van der Waals surface area (Å²) in [6, 6.07) is 14.2. The summed E-state index contributed by atoms with van der Waals surface area (Å²) in [4.78, 5) is 18.3. The van der Waals surface area contributed by atoms with Crippen LogP contribution in [0.15, 0.2) is 42.6 Å². The maximum atomic E-state index is 11.1. The highest BCUT2D eigenvalue weighted by Gasteiger charge is 2.37. The molecule has 1 fully saturated rings. The fourth-order valence-electron chi connectivity index (χ4n) is 4.97. The highest BCUT2D eigenvalue weighted by Crippen LogP contribution is 2.39. The van der Waals surface area contributed by atoms with Gasteiger partial charge >= 0.3 is 0 Å². The van der Waals surface area contributed by atoms with Crippen molar-refractivity contribution in [2.45, 2.75) is 38.2 Å². The Bertz CT molecular complexity index is 1260. The number of nitrogens with one attached hydrogen (secondary N) is 2. The van der Waals surface area contributed by atoms with E-state index in [2.05, 4.69) is 62.6 Å². The summed E-state index contributed by atoms with van der Waals surface area (Å²) < 4.78 is 0. The number of fused-ring (bicyclic) bond motifs is 1. The van der Waals surface area contributed by atoms with Crippen molar-refractivity contribution in [3.05, 3.63) is 59.4 Å². The second-order valence-electron chi connectivity index (χ2n) is 9.64. The zero-order valence-electron chi connectivity index (χ0n) is 20.8. The van der Waals surface area contributed by atoms with E-state index >= 15 is 0 Å². The first-order valence-electron chi connectivity index (χ1n) is 12.5. The Hall–Kier alpha value is -3.74. The molecule has 3 aromatic rings. The lowest BCUT2D eigenvalue weighted by molar-refractivity contribution is 0.0249. The minimum Gasteiger partial charge on any atom is -0.384 e. The second kappa shape index (κ2) is 10.1. The molecule has 1 aliphatic heterocycles. The quantitative estimate of drug-likeness (QED) is 0.459. The normalized spacial score (nSPS) is 19.6. The first-order chi connectivity index (χ1) is 17.5. The SMILES string of the molecule is CCCC1(O)CCc2ccc(Nc3nc(Nc4ccc(N5CCN(C)CC5)cc4)ncc3C#N)nc21. The molecule has 0 radical (unpaired) electrons. The number of nitrogens with zero attached hydrogens (tertiary/aromatic N) is 6. The smallest absolute Gasteiger partial charge is 0.229 e. The molecule has 3 heterocycles. The Morgan fingerprint density at radius 2 is 1.83 bits per heavy atom. The number of aryl methyl sites for hydroxylation is 1. The zero-order valence-corrected chi connectivity index (χ0v) is 20.8. The van der Waals surface area contributed by atoms with Crippen LogP contribution in [0.3, 0.4) is 0 Å². The summed E-state index contributed by atoms with van der Waals surface area (Å²) in [5.41, 5.74) is 3.28. The van der Waals surface area contributed by atoms with Gasteiger partial charge in [-0.15, -0.1) is 0 Å². The van der Waals surface area contributed by atoms with Crippen LogP contribution in [0.2, 0.25) is 0 Å². The molecule has 0 spiro atoms. The van der Waals surface area contributed by atoms with Crippen molar-refractivity contribution in [2.75, 3.05) is 48.8 Å². The van der Waals surface area contributed by atoms with Crippen molar-refractivity contribution in [2.24, 2.45) is 0 Å². The van der Waals surface area contributed by atoms with E-state index in [4.69, 9.17) is 4.98 Å². The standard InChI is InChI=1S/C27H32N8O/c1-3-11-27(36)12-10-19-4-9-23(31-24(19)27)32-25-20(17-28)18-29-26(33-25)30-21-5-7-22(8-6-21)35-15-13-34(2)14-16-35/h4-9,18,36H,3,10-16H2,1-2H3,(H2,29,30,31,32,33).